The van der Waals surface area contributed by atoms with Crippen molar-refractivity contribution < 1.29 is 4.42 Å². The number of hydrogen-bond donors (Lipinski definition) is 1. The van der Waals surface area contributed by atoms with E-state index in [2.05, 4.69) is 29.4 Å². The van der Waals surface area contributed by atoms with E-state index in [1.54, 1.807) is 0 Å². The number of hydrogen-bond acceptors (Lipinski definition) is 3. The van der Waals surface area contributed by atoms with Gasteiger partial charge in [-0.15, -0.1) is 0 Å². The lowest BCUT2D eigenvalue weighted by Crippen LogP contribution is -2.03. The fourth-order valence-corrected chi connectivity index (χ4v) is 1.73. The average Bonchev–Trinajstić information content (AvgIpc) is 2.78. The molecule has 3 nitrogen and oxygen atoms in total. The summed E-state index contributed by atoms with van der Waals surface area (Å²) in [5.74, 6) is 1.93. The summed E-state index contributed by atoms with van der Waals surface area (Å²) in [4.78, 5) is 4.42. The number of nitrogens with zero attached hydrogens (tertiary/aromatic N) is 1. The molecule has 17 heavy (non-hydrogen) atoms. The Morgan fingerprint density at radius 3 is 2.65 bits per heavy atom. The first-order valence-corrected chi connectivity index (χ1v) is 5.97. The molecule has 2 aromatic heterocycles. The smallest absolute Gasteiger partial charge is 0.117 e. The monoisotopic (exact) mass is 230 g/mol. The molecule has 0 saturated carbocycles. The molecular weight excluding hydrogens is 212 g/mol. The number of aryl methyl sites for hydroxylation is 1. The summed E-state index contributed by atoms with van der Waals surface area (Å²) in [6, 6.07) is 8.22. The number of furan rings is 1. The first-order valence-electron chi connectivity index (χ1n) is 5.97. The number of pyridine rings is 1. The van der Waals surface area contributed by atoms with Crippen molar-refractivity contribution in [3.05, 3.63) is 53.2 Å². The van der Waals surface area contributed by atoms with E-state index in [4.69, 9.17) is 4.42 Å². The predicted molar refractivity (Wildman–Crippen MR) is 67.9 cm³/mol. The summed E-state index contributed by atoms with van der Waals surface area (Å²) in [5.41, 5.74) is 2.32. The minimum absolute atomic E-state index is 0.758. The molecule has 3 heteroatoms. The molecule has 90 valence electrons. The van der Waals surface area contributed by atoms with Crippen molar-refractivity contribution >= 4 is 0 Å². The highest BCUT2D eigenvalue weighted by atomic mass is 16.3. The van der Waals surface area contributed by atoms with Crippen LogP contribution >= 0.6 is 0 Å². The van der Waals surface area contributed by atoms with Gasteiger partial charge in [0.05, 0.1) is 6.54 Å². The SMILES string of the molecule is CCc1ccc(Cc2ccc(CNC)o2)nc1. The van der Waals surface area contributed by atoms with Crippen LogP contribution in [0.1, 0.15) is 29.7 Å². The van der Waals surface area contributed by atoms with Crippen LogP contribution < -0.4 is 5.32 Å². The van der Waals surface area contributed by atoms with Gasteiger partial charge in [0.2, 0.25) is 0 Å². The molecule has 0 amide bonds. The Bertz CT molecular complexity index is 459. The Labute approximate surface area is 102 Å². The third-order valence-corrected chi connectivity index (χ3v) is 2.72. The quantitative estimate of drug-likeness (QED) is 0.857. The van der Waals surface area contributed by atoms with E-state index in [0.717, 1.165) is 36.6 Å². The summed E-state index contributed by atoms with van der Waals surface area (Å²) in [5, 5.41) is 3.07. The third-order valence-electron chi connectivity index (χ3n) is 2.72. The largest absolute Gasteiger partial charge is 0.464 e. The second-order valence-electron chi connectivity index (χ2n) is 4.09. The molecule has 1 N–H and O–H groups in total. The number of nitrogens with one attached hydrogen (secondary N) is 1. The molecule has 0 aliphatic heterocycles. The van der Waals surface area contributed by atoms with Crippen molar-refractivity contribution in [1.82, 2.24) is 10.3 Å². The second kappa shape index (κ2) is 5.64. The molecule has 0 aliphatic rings. The maximum absolute atomic E-state index is 5.68. The molecule has 0 bridgehead atoms. The molecule has 2 heterocycles. The lowest BCUT2D eigenvalue weighted by Gasteiger charge is -2.00. The summed E-state index contributed by atoms with van der Waals surface area (Å²) in [6.45, 7) is 2.90. The van der Waals surface area contributed by atoms with Crippen molar-refractivity contribution in [3.63, 3.8) is 0 Å². The molecule has 0 unspecified atom stereocenters. The van der Waals surface area contributed by atoms with Crippen LogP contribution in [0, 0.1) is 0 Å². The van der Waals surface area contributed by atoms with E-state index in [-0.39, 0.29) is 0 Å². The minimum atomic E-state index is 0.758. The van der Waals surface area contributed by atoms with Gasteiger partial charge in [-0.25, -0.2) is 0 Å². The maximum atomic E-state index is 5.68. The van der Waals surface area contributed by atoms with E-state index in [1.165, 1.54) is 5.56 Å². The minimum Gasteiger partial charge on any atom is -0.464 e. The lowest BCUT2D eigenvalue weighted by molar-refractivity contribution is 0.461. The van der Waals surface area contributed by atoms with Gasteiger partial charge in [0.15, 0.2) is 0 Å². The fraction of sp³-hybridized carbons (Fsp3) is 0.357. The molecule has 0 fully saturated rings. The molecule has 0 spiro atoms. The van der Waals surface area contributed by atoms with Gasteiger partial charge in [0.25, 0.3) is 0 Å². The van der Waals surface area contributed by atoms with Gasteiger partial charge in [-0.05, 0) is 37.2 Å². The summed E-state index contributed by atoms with van der Waals surface area (Å²) >= 11 is 0. The van der Waals surface area contributed by atoms with Gasteiger partial charge in [0, 0.05) is 18.3 Å². The highest BCUT2D eigenvalue weighted by Gasteiger charge is 2.03. The van der Waals surface area contributed by atoms with Gasteiger partial charge in [0.1, 0.15) is 11.5 Å². The average molecular weight is 230 g/mol. The first-order chi connectivity index (χ1) is 8.31. The van der Waals surface area contributed by atoms with Gasteiger partial charge < -0.3 is 9.73 Å². The Hall–Kier alpha value is -1.61. The van der Waals surface area contributed by atoms with Crippen molar-refractivity contribution in [3.8, 4) is 0 Å². The van der Waals surface area contributed by atoms with E-state index >= 15 is 0 Å². The first kappa shape index (κ1) is 11.9. The van der Waals surface area contributed by atoms with Crippen molar-refractivity contribution in [2.24, 2.45) is 0 Å². The molecule has 0 saturated heterocycles. The molecular formula is C14H18N2O. The van der Waals surface area contributed by atoms with E-state index in [1.807, 2.05) is 25.4 Å². The summed E-state index contributed by atoms with van der Waals surface area (Å²) in [6.07, 6.45) is 3.72. The van der Waals surface area contributed by atoms with Gasteiger partial charge in [-0.1, -0.05) is 13.0 Å². The molecule has 0 radical (unpaired) electrons. The Balaban J connectivity index is 2.03. The van der Waals surface area contributed by atoms with Crippen molar-refractivity contribution in [2.75, 3.05) is 7.05 Å². The lowest BCUT2D eigenvalue weighted by atomic mass is 10.2. The van der Waals surface area contributed by atoms with Crippen LogP contribution in [0.25, 0.3) is 0 Å². The van der Waals surface area contributed by atoms with Crippen LogP contribution in [-0.4, -0.2) is 12.0 Å². The van der Waals surface area contributed by atoms with Gasteiger partial charge in [-0.3, -0.25) is 4.98 Å². The highest BCUT2D eigenvalue weighted by molar-refractivity contribution is 5.19. The van der Waals surface area contributed by atoms with Crippen LogP contribution in [0.2, 0.25) is 0 Å². The van der Waals surface area contributed by atoms with Crippen LogP contribution in [0.3, 0.4) is 0 Å². The van der Waals surface area contributed by atoms with Crippen LogP contribution in [-0.2, 0) is 19.4 Å². The van der Waals surface area contributed by atoms with Crippen molar-refractivity contribution in [2.45, 2.75) is 26.3 Å². The number of rotatable bonds is 5. The maximum Gasteiger partial charge on any atom is 0.117 e. The predicted octanol–water partition coefficient (Wildman–Crippen LogP) is 2.55. The standard InChI is InChI=1S/C14H18N2O/c1-3-11-4-5-12(16-9-11)8-13-6-7-14(17-13)10-15-2/h4-7,9,15H,3,8,10H2,1-2H3. The molecule has 2 aromatic rings. The number of aromatic nitrogens is 1. The van der Waals surface area contributed by atoms with Crippen LogP contribution in [0.5, 0.6) is 0 Å². The normalized spacial score (nSPS) is 10.7. The highest BCUT2D eigenvalue weighted by Crippen LogP contribution is 2.12. The van der Waals surface area contributed by atoms with Gasteiger partial charge >= 0.3 is 0 Å². The molecule has 0 aliphatic carbocycles. The third kappa shape index (κ3) is 3.17. The Morgan fingerprint density at radius 2 is 2.00 bits per heavy atom. The molecule has 2 rings (SSSR count). The van der Waals surface area contributed by atoms with E-state index in [0.29, 0.717) is 0 Å². The summed E-state index contributed by atoms with van der Waals surface area (Å²) < 4.78 is 5.68. The zero-order valence-corrected chi connectivity index (χ0v) is 10.4. The Kier molecular flexibility index (Phi) is 3.94. The van der Waals surface area contributed by atoms with E-state index in [9.17, 15) is 0 Å². The second-order valence-corrected chi connectivity index (χ2v) is 4.09. The van der Waals surface area contributed by atoms with Gasteiger partial charge in [-0.2, -0.15) is 0 Å². The Morgan fingerprint density at radius 1 is 1.18 bits per heavy atom. The van der Waals surface area contributed by atoms with E-state index < -0.39 is 0 Å². The zero-order valence-electron chi connectivity index (χ0n) is 10.4. The fourth-order valence-electron chi connectivity index (χ4n) is 1.73. The van der Waals surface area contributed by atoms with Crippen LogP contribution in [0.15, 0.2) is 34.9 Å². The molecule has 0 aromatic carbocycles. The molecule has 0 atom stereocenters. The zero-order chi connectivity index (χ0) is 12.1. The summed E-state index contributed by atoms with van der Waals surface area (Å²) in [7, 11) is 1.91. The topological polar surface area (TPSA) is 38.1 Å². The van der Waals surface area contributed by atoms with Crippen LogP contribution in [0.4, 0.5) is 0 Å². The van der Waals surface area contributed by atoms with Crippen molar-refractivity contribution in [1.29, 1.82) is 0 Å².